The monoisotopic (exact) mass is 603 g/mol. The van der Waals surface area contributed by atoms with Crippen molar-refractivity contribution in [3.05, 3.63) is 130 Å². The van der Waals surface area contributed by atoms with E-state index >= 15 is 0 Å². The number of carbonyl (C=O) groups excluding carboxylic acids is 2. The van der Waals surface area contributed by atoms with Crippen LogP contribution in [0.25, 0.3) is 0 Å². The van der Waals surface area contributed by atoms with E-state index < -0.39 is 28.5 Å². The molecule has 0 radical (unpaired) electrons. The molecule has 7 nitrogen and oxygen atoms in total. The number of benzene rings is 4. The molecule has 0 spiro atoms. The molecule has 4 aromatic carbocycles. The van der Waals surface area contributed by atoms with Gasteiger partial charge in [-0.05, 0) is 72.5 Å². The van der Waals surface area contributed by atoms with E-state index in [0.717, 1.165) is 21.0 Å². The zero-order chi connectivity index (χ0) is 30.3. The first kappa shape index (κ1) is 30.8. The number of nitrogens with zero attached hydrogens (tertiary/aromatic N) is 2. The van der Waals surface area contributed by atoms with Gasteiger partial charge in [0.25, 0.3) is 10.0 Å². The average Bonchev–Trinajstić information content (AvgIpc) is 2.99. The van der Waals surface area contributed by atoms with Crippen LogP contribution in [-0.2, 0) is 32.6 Å². The lowest BCUT2D eigenvalue weighted by molar-refractivity contribution is -0.139. The minimum absolute atomic E-state index is 0.0520. The van der Waals surface area contributed by atoms with E-state index in [1.807, 2.05) is 56.3 Å². The van der Waals surface area contributed by atoms with Gasteiger partial charge in [-0.15, -0.1) is 0 Å². The highest BCUT2D eigenvalue weighted by atomic mass is 35.5. The fourth-order valence-corrected chi connectivity index (χ4v) is 6.32. The number of nitrogens with one attached hydrogen (secondary N) is 1. The summed E-state index contributed by atoms with van der Waals surface area (Å²) in [5.74, 6) is -0.893. The minimum atomic E-state index is -4.14. The summed E-state index contributed by atoms with van der Waals surface area (Å²) in [7, 11) is -2.62. The van der Waals surface area contributed by atoms with Crippen molar-refractivity contribution in [3.63, 3.8) is 0 Å². The number of carbonyl (C=O) groups is 2. The number of hydrogen-bond donors (Lipinski definition) is 1. The second-order valence-electron chi connectivity index (χ2n) is 10.1. The van der Waals surface area contributed by atoms with Crippen LogP contribution in [0.5, 0.6) is 0 Å². The third-order valence-corrected chi connectivity index (χ3v) is 9.17. The summed E-state index contributed by atoms with van der Waals surface area (Å²) in [4.78, 5) is 29.1. The van der Waals surface area contributed by atoms with Crippen molar-refractivity contribution in [2.75, 3.05) is 17.9 Å². The fourth-order valence-electron chi connectivity index (χ4n) is 4.68. The summed E-state index contributed by atoms with van der Waals surface area (Å²) in [5, 5.41) is 3.17. The Hall–Kier alpha value is -4.14. The normalized spacial score (nSPS) is 11.9. The van der Waals surface area contributed by atoms with Crippen LogP contribution in [0, 0.1) is 13.8 Å². The van der Waals surface area contributed by atoms with Gasteiger partial charge in [-0.3, -0.25) is 13.9 Å². The molecule has 0 aliphatic carbocycles. The summed E-state index contributed by atoms with van der Waals surface area (Å²) in [5.41, 5.74) is 3.81. The molecule has 0 saturated heterocycles. The van der Waals surface area contributed by atoms with Crippen LogP contribution in [0.1, 0.15) is 22.3 Å². The lowest BCUT2D eigenvalue weighted by Gasteiger charge is -2.33. The molecule has 42 heavy (non-hydrogen) atoms. The zero-order valence-corrected chi connectivity index (χ0v) is 25.4. The molecule has 218 valence electrons. The smallest absolute Gasteiger partial charge is 0.264 e. The highest BCUT2D eigenvalue weighted by molar-refractivity contribution is 7.92. The van der Waals surface area contributed by atoms with Crippen molar-refractivity contribution in [2.45, 2.75) is 37.8 Å². The lowest BCUT2D eigenvalue weighted by Crippen LogP contribution is -2.53. The summed E-state index contributed by atoms with van der Waals surface area (Å²) in [6.07, 6.45) is 0.238. The molecular weight excluding hydrogens is 570 g/mol. The van der Waals surface area contributed by atoms with Gasteiger partial charge in [0.2, 0.25) is 11.8 Å². The molecule has 0 bridgehead atoms. The Balaban J connectivity index is 1.80. The van der Waals surface area contributed by atoms with Crippen molar-refractivity contribution in [1.29, 1.82) is 0 Å². The van der Waals surface area contributed by atoms with Gasteiger partial charge in [0.15, 0.2) is 0 Å². The van der Waals surface area contributed by atoms with Crippen LogP contribution in [0.15, 0.2) is 108 Å². The average molecular weight is 604 g/mol. The number of anilines is 1. The standard InChI is InChI=1S/C33H34ClN3O4S/c1-24-17-18-29(19-25(24)2)37(42(40,41)30-15-8-5-9-16-30)23-32(38)36(22-27-13-10-14-28(34)20-27)31(33(39)35-3)21-26-11-6-4-7-12-26/h4-20,31H,21-23H2,1-3H3,(H,35,39). The van der Waals surface area contributed by atoms with Crippen LogP contribution in [0.2, 0.25) is 5.02 Å². The van der Waals surface area contributed by atoms with Gasteiger partial charge < -0.3 is 10.2 Å². The Morgan fingerprint density at radius 2 is 1.45 bits per heavy atom. The Kier molecular flexibility index (Phi) is 10.0. The number of sulfonamides is 1. The summed E-state index contributed by atoms with van der Waals surface area (Å²) < 4.78 is 29.1. The SMILES string of the molecule is CNC(=O)C(Cc1ccccc1)N(Cc1cccc(Cl)c1)C(=O)CN(c1ccc(C)c(C)c1)S(=O)(=O)c1ccccc1. The van der Waals surface area contributed by atoms with E-state index in [9.17, 15) is 18.0 Å². The molecule has 0 fully saturated rings. The number of likely N-dealkylation sites (N-methyl/N-ethyl adjacent to an activating group) is 1. The van der Waals surface area contributed by atoms with Crippen molar-refractivity contribution >= 4 is 39.1 Å². The predicted octanol–water partition coefficient (Wildman–Crippen LogP) is 5.54. The Labute approximate surface area is 252 Å². The number of rotatable bonds is 11. The third kappa shape index (κ3) is 7.38. The van der Waals surface area contributed by atoms with Crippen LogP contribution < -0.4 is 9.62 Å². The maximum absolute atomic E-state index is 14.3. The topological polar surface area (TPSA) is 86.8 Å². The van der Waals surface area contributed by atoms with E-state index in [1.54, 1.807) is 48.5 Å². The predicted molar refractivity (Wildman–Crippen MR) is 167 cm³/mol. The van der Waals surface area contributed by atoms with Crippen LogP contribution >= 0.6 is 11.6 Å². The van der Waals surface area contributed by atoms with Gasteiger partial charge in [0, 0.05) is 25.0 Å². The van der Waals surface area contributed by atoms with Crippen LogP contribution in [0.3, 0.4) is 0 Å². The second kappa shape index (κ2) is 13.7. The van der Waals surface area contributed by atoms with Crippen molar-refractivity contribution in [1.82, 2.24) is 10.2 Å². The molecule has 2 amide bonds. The van der Waals surface area contributed by atoms with Gasteiger partial charge >= 0.3 is 0 Å². The summed E-state index contributed by atoms with van der Waals surface area (Å²) in [6.45, 7) is 3.37. The van der Waals surface area contributed by atoms with Gasteiger partial charge in [0.05, 0.1) is 10.6 Å². The first-order chi connectivity index (χ1) is 20.1. The van der Waals surface area contributed by atoms with Gasteiger partial charge in [-0.2, -0.15) is 0 Å². The molecule has 0 saturated carbocycles. The molecule has 0 aliphatic heterocycles. The number of halogens is 1. The highest BCUT2D eigenvalue weighted by Gasteiger charge is 2.34. The van der Waals surface area contributed by atoms with Crippen LogP contribution in [0.4, 0.5) is 5.69 Å². The van der Waals surface area contributed by atoms with Gasteiger partial charge in [0.1, 0.15) is 12.6 Å². The maximum atomic E-state index is 14.3. The van der Waals surface area contributed by atoms with Gasteiger partial charge in [-0.25, -0.2) is 8.42 Å². The Morgan fingerprint density at radius 3 is 2.07 bits per heavy atom. The van der Waals surface area contributed by atoms with E-state index in [0.29, 0.717) is 16.3 Å². The maximum Gasteiger partial charge on any atom is 0.264 e. The molecule has 9 heteroatoms. The van der Waals surface area contributed by atoms with Crippen molar-refractivity contribution in [3.8, 4) is 0 Å². The molecular formula is C33H34ClN3O4S. The molecule has 0 aromatic heterocycles. The van der Waals surface area contributed by atoms with Gasteiger partial charge in [-0.1, -0.05) is 78.3 Å². The lowest BCUT2D eigenvalue weighted by atomic mass is 10.0. The van der Waals surface area contributed by atoms with E-state index in [1.165, 1.54) is 24.1 Å². The highest BCUT2D eigenvalue weighted by Crippen LogP contribution is 2.27. The van der Waals surface area contributed by atoms with Crippen molar-refractivity contribution in [2.24, 2.45) is 0 Å². The zero-order valence-electron chi connectivity index (χ0n) is 23.8. The van der Waals surface area contributed by atoms with Crippen molar-refractivity contribution < 1.29 is 18.0 Å². The summed E-state index contributed by atoms with van der Waals surface area (Å²) in [6, 6.07) is 28.8. The quantitative estimate of drug-likeness (QED) is 0.244. The molecule has 1 N–H and O–H groups in total. The molecule has 1 unspecified atom stereocenters. The Morgan fingerprint density at radius 1 is 0.810 bits per heavy atom. The second-order valence-corrected chi connectivity index (χ2v) is 12.4. The molecule has 0 heterocycles. The third-order valence-electron chi connectivity index (χ3n) is 7.15. The first-order valence-corrected chi connectivity index (χ1v) is 15.4. The molecule has 4 rings (SSSR count). The largest absolute Gasteiger partial charge is 0.357 e. The number of amides is 2. The van der Waals surface area contributed by atoms with Crippen LogP contribution in [-0.4, -0.2) is 44.8 Å². The molecule has 4 aromatic rings. The Bertz CT molecular complexity index is 1650. The van der Waals surface area contributed by atoms with E-state index in [-0.39, 0.29) is 23.8 Å². The number of hydrogen-bond acceptors (Lipinski definition) is 4. The first-order valence-electron chi connectivity index (χ1n) is 13.5. The fraction of sp³-hybridized carbons (Fsp3) is 0.212. The molecule has 0 aliphatic rings. The molecule has 1 atom stereocenters. The van der Waals surface area contributed by atoms with E-state index in [4.69, 9.17) is 11.6 Å². The van der Waals surface area contributed by atoms with E-state index in [2.05, 4.69) is 5.32 Å². The number of aryl methyl sites for hydroxylation is 2. The summed E-state index contributed by atoms with van der Waals surface area (Å²) >= 11 is 6.26. The minimum Gasteiger partial charge on any atom is -0.357 e.